The number of phenolic OH excluding ortho intramolecular Hbond substituents is 1. The van der Waals surface area contributed by atoms with E-state index < -0.39 is 11.6 Å². The largest absolute Gasteiger partial charge is 0.506 e. The summed E-state index contributed by atoms with van der Waals surface area (Å²) in [6.07, 6.45) is 0.667. The first kappa shape index (κ1) is 22.9. The molecule has 0 amide bonds. The molecule has 8 heteroatoms. The Morgan fingerprint density at radius 3 is 2.35 bits per heavy atom. The van der Waals surface area contributed by atoms with Crippen LogP contribution in [0.15, 0.2) is 10.5 Å². The molecule has 1 aliphatic heterocycles. The van der Waals surface area contributed by atoms with Crippen molar-refractivity contribution in [1.82, 2.24) is 10.2 Å². The molecule has 0 saturated carbocycles. The van der Waals surface area contributed by atoms with Gasteiger partial charge in [-0.1, -0.05) is 13.8 Å². The lowest BCUT2D eigenvalue weighted by Gasteiger charge is -2.36. The number of nitrogens with zero attached hydrogens (tertiary/aromatic N) is 1. The van der Waals surface area contributed by atoms with Gasteiger partial charge in [0.25, 0.3) is 0 Å². The molecule has 134 valence electrons. The van der Waals surface area contributed by atoms with E-state index in [9.17, 15) is 13.9 Å². The molecule has 0 spiro atoms. The molecule has 1 aromatic carbocycles. The Balaban J connectivity index is 0.00000242. The van der Waals surface area contributed by atoms with Crippen LogP contribution in [0.1, 0.15) is 31.9 Å². The minimum absolute atomic E-state index is 0. The van der Waals surface area contributed by atoms with E-state index in [-0.39, 0.29) is 46.6 Å². The number of aromatic hydroxyl groups is 1. The van der Waals surface area contributed by atoms with Crippen molar-refractivity contribution in [1.29, 1.82) is 0 Å². The van der Waals surface area contributed by atoms with Crippen LogP contribution >= 0.6 is 40.7 Å². The Bertz CT molecular complexity index is 488. The van der Waals surface area contributed by atoms with Crippen LogP contribution in [0.2, 0.25) is 0 Å². The van der Waals surface area contributed by atoms with Gasteiger partial charge in [-0.25, -0.2) is 8.78 Å². The van der Waals surface area contributed by atoms with Crippen molar-refractivity contribution in [3.05, 3.63) is 27.7 Å². The van der Waals surface area contributed by atoms with Crippen LogP contribution in [-0.4, -0.2) is 36.2 Å². The fourth-order valence-corrected chi connectivity index (χ4v) is 3.21. The maximum atomic E-state index is 14.3. The number of benzene rings is 1. The molecule has 0 aliphatic carbocycles. The Morgan fingerprint density at radius 2 is 1.83 bits per heavy atom. The lowest BCUT2D eigenvalue weighted by molar-refractivity contribution is 0.147. The number of hydrogen-bond donors (Lipinski definition) is 2. The van der Waals surface area contributed by atoms with Gasteiger partial charge >= 0.3 is 0 Å². The molecule has 23 heavy (non-hydrogen) atoms. The van der Waals surface area contributed by atoms with Gasteiger partial charge in [-0.2, -0.15) is 0 Å². The smallest absolute Gasteiger partial charge is 0.167 e. The number of phenols is 1. The Hall–Kier alpha value is -0.140. The van der Waals surface area contributed by atoms with Crippen LogP contribution in [0, 0.1) is 17.6 Å². The predicted molar refractivity (Wildman–Crippen MR) is 96.9 cm³/mol. The molecule has 1 saturated heterocycles. The van der Waals surface area contributed by atoms with E-state index in [2.05, 4.69) is 26.1 Å². The maximum absolute atomic E-state index is 14.3. The van der Waals surface area contributed by atoms with Crippen molar-refractivity contribution in [2.45, 2.75) is 26.3 Å². The molecule has 1 fully saturated rings. The van der Waals surface area contributed by atoms with Crippen LogP contribution in [0.25, 0.3) is 0 Å². The molecule has 2 N–H and O–H groups in total. The monoisotopic (exact) mass is 434 g/mol. The van der Waals surface area contributed by atoms with Crippen molar-refractivity contribution < 1.29 is 13.9 Å². The number of nitrogens with one attached hydrogen (secondary N) is 1. The number of rotatable bonds is 4. The van der Waals surface area contributed by atoms with E-state index in [1.165, 1.54) is 0 Å². The van der Waals surface area contributed by atoms with E-state index in [1.807, 2.05) is 13.8 Å². The highest BCUT2D eigenvalue weighted by Gasteiger charge is 2.30. The second kappa shape index (κ2) is 9.99. The van der Waals surface area contributed by atoms with Crippen molar-refractivity contribution in [3.8, 4) is 5.75 Å². The molecular weight excluding hydrogens is 413 g/mol. The van der Waals surface area contributed by atoms with Gasteiger partial charge in [0, 0.05) is 32.2 Å². The number of halogens is 5. The molecule has 1 aliphatic rings. The molecule has 0 unspecified atom stereocenters. The molecular formula is C15H23BrCl2F2N2O. The van der Waals surface area contributed by atoms with Gasteiger partial charge in [-0.15, -0.1) is 24.8 Å². The summed E-state index contributed by atoms with van der Waals surface area (Å²) in [7, 11) is 0. The number of hydrogen-bond acceptors (Lipinski definition) is 3. The zero-order valence-electron chi connectivity index (χ0n) is 13.1. The van der Waals surface area contributed by atoms with Gasteiger partial charge in [-0.05, 0) is 34.3 Å². The summed E-state index contributed by atoms with van der Waals surface area (Å²) in [6, 6.07) is 0.650. The standard InChI is InChI=1S/C15H21BrF2N2O.2ClH/c1-9(2)7-12(20-5-3-19-4-6-20)13-14(18)11(17)8-10(16)15(13)21;;/h8-9,12,19,21H,3-7H2,1-2H3;2*1H/t12-;;/m1../s1. The van der Waals surface area contributed by atoms with Crippen molar-refractivity contribution in [2.75, 3.05) is 26.2 Å². The first-order valence-corrected chi connectivity index (χ1v) is 8.02. The summed E-state index contributed by atoms with van der Waals surface area (Å²) >= 11 is 3.10. The van der Waals surface area contributed by atoms with Crippen LogP contribution in [0.3, 0.4) is 0 Å². The van der Waals surface area contributed by atoms with Gasteiger partial charge in [0.05, 0.1) is 10.0 Å². The number of piperazine rings is 1. The highest BCUT2D eigenvalue weighted by molar-refractivity contribution is 9.10. The van der Waals surface area contributed by atoms with Crippen molar-refractivity contribution in [3.63, 3.8) is 0 Å². The fraction of sp³-hybridized carbons (Fsp3) is 0.600. The highest BCUT2D eigenvalue weighted by atomic mass is 79.9. The first-order chi connectivity index (χ1) is 9.91. The lowest BCUT2D eigenvalue weighted by Crippen LogP contribution is -2.45. The van der Waals surface area contributed by atoms with Crippen LogP contribution < -0.4 is 5.32 Å². The summed E-state index contributed by atoms with van der Waals surface area (Å²) in [6.45, 7) is 7.21. The summed E-state index contributed by atoms with van der Waals surface area (Å²) in [5, 5.41) is 13.5. The third kappa shape index (κ3) is 5.43. The molecule has 1 heterocycles. The van der Waals surface area contributed by atoms with Crippen molar-refractivity contribution >= 4 is 40.7 Å². The molecule has 0 aromatic heterocycles. The molecule has 0 bridgehead atoms. The topological polar surface area (TPSA) is 35.5 Å². The molecule has 3 nitrogen and oxygen atoms in total. The highest BCUT2D eigenvalue weighted by Crippen LogP contribution is 2.40. The Labute approximate surface area is 156 Å². The summed E-state index contributed by atoms with van der Waals surface area (Å²) < 4.78 is 28.2. The zero-order valence-corrected chi connectivity index (χ0v) is 16.3. The van der Waals surface area contributed by atoms with Crippen LogP contribution in [0.4, 0.5) is 8.78 Å². The fourth-order valence-electron chi connectivity index (χ4n) is 2.80. The molecule has 0 radical (unpaired) electrons. The maximum Gasteiger partial charge on any atom is 0.167 e. The van der Waals surface area contributed by atoms with E-state index in [4.69, 9.17) is 0 Å². The summed E-state index contributed by atoms with van der Waals surface area (Å²) in [5.74, 6) is -1.76. The van der Waals surface area contributed by atoms with E-state index in [1.54, 1.807) is 0 Å². The van der Waals surface area contributed by atoms with Gasteiger partial charge < -0.3 is 10.4 Å². The first-order valence-electron chi connectivity index (χ1n) is 7.23. The minimum atomic E-state index is -0.945. The van der Waals surface area contributed by atoms with Crippen LogP contribution in [0.5, 0.6) is 5.75 Å². The lowest BCUT2D eigenvalue weighted by atomic mass is 9.93. The SMILES string of the molecule is CC(C)C[C@H](c1c(O)c(Br)cc(F)c1F)N1CCNCC1.Cl.Cl. The third-order valence-electron chi connectivity index (χ3n) is 3.80. The van der Waals surface area contributed by atoms with Gasteiger partial charge in [0.1, 0.15) is 5.75 Å². The molecule has 1 atom stereocenters. The second-order valence-electron chi connectivity index (χ2n) is 5.85. The summed E-state index contributed by atoms with van der Waals surface area (Å²) in [5.41, 5.74) is 0.0671. The second-order valence-corrected chi connectivity index (χ2v) is 6.70. The normalized spacial score (nSPS) is 16.6. The minimum Gasteiger partial charge on any atom is -0.506 e. The predicted octanol–water partition coefficient (Wildman–Crippen LogP) is 4.27. The van der Waals surface area contributed by atoms with E-state index in [0.717, 1.165) is 32.2 Å². The average molecular weight is 436 g/mol. The van der Waals surface area contributed by atoms with Gasteiger partial charge in [0.2, 0.25) is 0 Å². The van der Waals surface area contributed by atoms with E-state index >= 15 is 0 Å². The summed E-state index contributed by atoms with van der Waals surface area (Å²) in [4.78, 5) is 2.11. The van der Waals surface area contributed by atoms with Crippen molar-refractivity contribution in [2.24, 2.45) is 5.92 Å². The Morgan fingerprint density at radius 1 is 1.26 bits per heavy atom. The molecule has 2 rings (SSSR count). The molecule has 1 aromatic rings. The quantitative estimate of drug-likeness (QED) is 0.693. The van der Waals surface area contributed by atoms with Gasteiger partial charge in [0.15, 0.2) is 11.6 Å². The third-order valence-corrected chi connectivity index (χ3v) is 4.41. The van der Waals surface area contributed by atoms with Gasteiger partial charge in [-0.3, -0.25) is 4.90 Å². The average Bonchev–Trinajstić information content (AvgIpc) is 2.45. The van der Waals surface area contributed by atoms with Crippen LogP contribution in [-0.2, 0) is 0 Å². The zero-order chi connectivity index (χ0) is 15.6. The Kier molecular flexibility index (Phi) is 9.93. The van der Waals surface area contributed by atoms with E-state index in [0.29, 0.717) is 12.3 Å².